The largest absolute Gasteiger partial charge is 0.493 e. The van der Waals surface area contributed by atoms with Crippen molar-refractivity contribution in [3.8, 4) is 5.75 Å². The highest BCUT2D eigenvalue weighted by Gasteiger charge is 2.11. The van der Waals surface area contributed by atoms with Crippen LogP contribution >= 0.6 is 0 Å². The maximum absolute atomic E-state index is 11.7. The Labute approximate surface area is 191 Å². The van der Waals surface area contributed by atoms with E-state index in [4.69, 9.17) is 9.72 Å². The Morgan fingerprint density at radius 1 is 1.09 bits per heavy atom. The van der Waals surface area contributed by atoms with Gasteiger partial charge >= 0.3 is 0 Å². The average Bonchev–Trinajstić information content (AvgIpc) is 3.13. The Kier molecular flexibility index (Phi) is 8.48. The van der Waals surface area contributed by atoms with Crippen LogP contribution < -0.4 is 10.1 Å². The van der Waals surface area contributed by atoms with Gasteiger partial charge in [-0.05, 0) is 55.9 Å². The molecule has 0 aliphatic heterocycles. The monoisotopic (exact) mass is 433 g/mol. The van der Waals surface area contributed by atoms with Gasteiger partial charge < -0.3 is 14.6 Å². The van der Waals surface area contributed by atoms with Crippen molar-refractivity contribution in [1.82, 2.24) is 14.9 Å². The van der Waals surface area contributed by atoms with Crippen LogP contribution in [0.2, 0.25) is 0 Å². The SMILES string of the molecule is C=C(C)C(=O)NCCCc1nc2ccccc2n1CCCCOc1ccccc1C(C)C. The number of aryl methyl sites for hydroxylation is 2. The molecule has 170 valence electrons. The van der Waals surface area contributed by atoms with Crippen molar-refractivity contribution in [2.45, 2.75) is 58.9 Å². The number of para-hydroxylation sites is 3. The Morgan fingerprint density at radius 2 is 1.84 bits per heavy atom. The molecule has 0 bridgehead atoms. The predicted molar refractivity (Wildman–Crippen MR) is 131 cm³/mol. The van der Waals surface area contributed by atoms with E-state index in [1.54, 1.807) is 6.92 Å². The number of amides is 1. The molecule has 1 amide bonds. The van der Waals surface area contributed by atoms with Crippen molar-refractivity contribution in [1.29, 1.82) is 0 Å². The molecule has 5 nitrogen and oxygen atoms in total. The van der Waals surface area contributed by atoms with Gasteiger partial charge in [0.25, 0.3) is 0 Å². The summed E-state index contributed by atoms with van der Waals surface area (Å²) in [5.41, 5.74) is 3.99. The molecule has 3 rings (SSSR count). The third-order valence-electron chi connectivity index (χ3n) is 5.56. The second kappa shape index (κ2) is 11.5. The van der Waals surface area contributed by atoms with E-state index in [-0.39, 0.29) is 5.91 Å². The summed E-state index contributed by atoms with van der Waals surface area (Å²) in [5.74, 6) is 2.43. The number of nitrogens with one attached hydrogen (secondary N) is 1. The minimum absolute atomic E-state index is 0.0856. The minimum Gasteiger partial charge on any atom is -0.493 e. The van der Waals surface area contributed by atoms with E-state index in [2.05, 4.69) is 66.7 Å². The van der Waals surface area contributed by atoms with Crippen molar-refractivity contribution in [3.05, 3.63) is 72.1 Å². The zero-order valence-corrected chi connectivity index (χ0v) is 19.6. The van der Waals surface area contributed by atoms with Crippen LogP contribution in [0.25, 0.3) is 11.0 Å². The summed E-state index contributed by atoms with van der Waals surface area (Å²) in [6.07, 6.45) is 3.66. The molecule has 0 saturated heterocycles. The number of hydrogen-bond donors (Lipinski definition) is 1. The van der Waals surface area contributed by atoms with Crippen LogP contribution in [0, 0.1) is 0 Å². The maximum atomic E-state index is 11.7. The summed E-state index contributed by atoms with van der Waals surface area (Å²) in [7, 11) is 0. The Hall–Kier alpha value is -3.08. The molecule has 1 aromatic heterocycles. The first-order chi connectivity index (χ1) is 15.5. The van der Waals surface area contributed by atoms with Gasteiger partial charge in [-0.2, -0.15) is 0 Å². The van der Waals surface area contributed by atoms with E-state index in [9.17, 15) is 4.79 Å². The first-order valence-corrected chi connectivity index (χ1v) is 11.6. The molecule has 2 aromatic carbocycles. The minimum atomic E-state index is -0.0856. The molecule has 0 unspecified atom stereocenters. The van der Waals surface area contributed by atoms with Crippen molar-refractivity contribution in [3.63, 3.8) is 0 Å². The highest BCUT2D eigenvalue weighted by Crippen LogP contribution is 2.26. The number of imidazole rings is 1. The molecule has 1 N–H and O–H groups in total. The fraction of sp³-hybridized carbons (Fsp3) is 0.407. The molecule has 0 atom stereocenters. The summed E-state index contributed by atoms with van der Waals surface area (Å²) in [5, 5.41) is 2.90. The molecule has 0 spiro atoms. The molecule has 0 saturated carbocycles. The fourth-order valence-electron chi connectivity index (χ4n) is 3.81. The molecule has 1 heterocycles. The van der Waals surface area contributed by atoms with Gasteiger partial charge in [0.15, 0.2) is 0 Å². The number of fused-ring (bicyclic) bond motifs is 1. The summed E-state index contributed by atoms with van der Waals surface area (Å²) < 4.78 is 8.40. The van der Waals surface area contributed by atoms with Crippen LogP contribution in [0.15, 0.2) is 60.7 Å². The van der Waals surface area contributed by atoms with Crippen LogP contribution in [-0.4, -0.2) is 28.6 Å². The quantitative estimate of drug-likeness (QED) is 0.297. The summed E-state index contributed by atoms with van der Waals surface area (Å²) in [6, 6.07) is 16.6. The molecule has 0 radical (unpaired) electrons. The zero-order valence-electron chi connectivity index (χ0n) is 19.6. The van der Waals surface area contributed by atoms with Crippen molar-refractivity contribution in [2.75, 3.05) is 13.2 Å². The summed E-state index contributed by atoms with van der Waals surface area (Å²) in [6.45, 7) is 12.0. The molecule has 5 heteroatoms. The number of ether oxygens (including phenoxy) is 1. The second-order valence-electron chi connectivity index (χ2n) is 8.56. The number of carbonyl (C=O) groups is 1. The van der Waals surface area contributed by atoms with Gasteiger partial charge in [0.1, 0.15) is 11.6 Å². The first kappa shape index (κ1) is 23.6. The molecule has 0 aliphatic carbocycles. The lowest BCUT2D eigenvalue weighted by Gasteiger charge is -2.14. The van der Waals surface area contributed by atoms with Crippen LogP contribution in [0.5, 0.6) is 5.75 Å². The number of unbranched alkanes of at least 4 members (excludes halogenated alkanes) is 1. The van der Waals surface area contributed by atoms with E-state index in [0.29, 0.717) is 24.6 Å². The molecule has 0 aliphatic rings. The lowest BCUT2D eigenvalue weighted by molar-refractivity contribution is -0.117. The number of benzene rings is 2. The van der Waals surface area contributed by atoms with E-state index in [0.717, 1.165) is 49.3 Å². The molecule has 3 aromatic rings. The average molecular weight is 434 g/mol. The van der Waals surface area contributed by atoms with Crippen molar-refractivity contribution >= 4 is 16.9 Å². The third-order valence-corrected chi connectivity index (χ3v) is 5.56. The van der Waals surface area contributed by atoms with Crippen LogP contribution in [-0.2, 0) is 17.8 Å². The first-order valence-electron chi connectivity index (χ1n) is 11.6. The summed E-state index contributed by atoms with van der Waals surface area (Å²) >= 11 is 0. The predicted octanol–water partition coefficient (Wildman–Crippen LogP) is 5.64. The highest BCUT2D eigenvalue weighted by atomic mass is 16.5. The fourth-order valence-corrected chi connectivity index (χ4v) is 3.81. The van der Waals surface area contributed by atoms with Gasteiger partial charge in [-0.3, -0.25) is 4.79 Å². The summed E-state index contributed by atoms with van der Waals surface area (Å²) in [4.78, 5) is 16.5. The molecular weight excluding hydrogens is 398 g/mol. The molecule has 32 heavy (non-hydrogen) atoms. The van der Waals surface area contributed by atoms with Gasteiger partial charge in [-0.1, -0.05) is 50.8 Å². The smallest absolute Gasteiger partial charge is 0.246 e. The van der Waals surface area contributed by atoms with Gasteiger partial charge in [-0.25, -0.2) is 4.98 Å². The van der Waals surface area contributed by atoms with Gasteiger partial charge in [0.05, 0.1) is 17.6 Å². The number of rotatable bonds is 12. The van der Waals surface area contributed by atoms with Crippen LogP contribution in [0.1, 0.15) is 57.3 Å². The van der Waals surface area contributed by atoms with Crippen molar-refractivity contribution < 1.29 is 9.53 Å². The number of hydrogen-bond acceptors (Lipinski definition) is 3. The lowest BCUT2D eigenvalue weighted by Crippen LogP contribution is -2.25. The Balaban J connectivity index is 1.55. The normalized spacial score (nSPS) is 11.1. The molecular formula is C27H35N3O2. The number of aromatic nitrogens is 2. The Morgan fingerprint density at radius 3 is 2.62 bits per heavy atom. The van der Waals surface area contributed by atoms with Gasteiger partial charge in [-0.15, -0.1) is 0 Å². The standard InChI is InChI=1S/C27H35N3O2/c1-20(2)22-12-5-8-15-25(22)32-19-10-9-18-30-24-14-7-6-13-23(24)29-26(30)16-11-17-28-27(31)21(3)4/h5-8,12-15,20H,3,9-11,16-19H2,1-2,4H3,(H,28,31). The maximum Gasteiger partial charge on any atom is 0.246 e. The van der Waals surface area contributed by atoms with E-state index in [1.165, 1.54) is 11.1 Å². The van der Waals surface area contributed by atoms with E-state index < -0.39 is 0 Å². The topological polar surface area (TPSA) is 56.2 Å². The second-order valence-corrected chi connectivity index (χ2v) is 8.56. The Bertz CT molecular complexity index is 1050. The third kappa shape index (κ3) is 6.22. The van der Waals surface area contributed by atoms with Crippen LogP contribution in [0.4, 0.5) is 0 Å². The lowest BCUT2D eigenvalue weighted by atomic mass is 10.0. The zero-order chi connectivity index (χ0) is 22.9. The van der Waals surface area contributed by atoms with E-state index >= 15 is 0 Å². The van der Waals surface area contributed by atoms with Gasteiger partial charge in [0, 0.05) is 25.1 Å². The van der Waals surface area contributed by atoms with Crippen molar-refractivity contribution in [2.24, 2.45) is 0 Å². The number of carbonyl (C=O) groups excluding carboxylic acids is 1. The molecule has 0 fully saturated rings. The van der Waals surface area contributed by atoms with Gasteiger partial charge in [0.2, 0.25) is 5.91 Å². The van der Waals surface area contributed by atoms with Crippen LogP contribution in [0.3, 0.4) is 0 Å². The van der Waals surface area contributed by atoms with E-state index in [1.807, 2.05) is 12.1 Å². The number of nitrogens with zero attached hydrogens (tertiary/aromatic N) is 2. The highest BCUT2D eigenvalue weighted by molar-refractivity contribution is 5.92.